The number of azo groups is 1. The van der Waals surface area contributed by atoms with Crippen molar-refractivity contribution in [1.29, 1.82) is 0 Å². The first-order chi connectivity index (χ1) is 18.6. The van der Waals surface area contributed by atoms with Gasteiger partial charge in [0.1, 0.15) is 16.3 Å². The van der Waals surface area contributed by atoms with Gasteiger partial charge in [0.2, 0.25) is 0 Å². The predicted molar refractivity (Wildman–Crippen MR) is 151 cm³/mol. The number of nitrogens with zero attached hydrogens (tertiary/aromatic N) is 2. The lowest BCUT2D eigenvalue weighted by Gasteiger charge is -2.14. The summed E-state index contributed by atoms with van der Waals surface area (Å²) >= 11 is 12.5. The van der Waals surface area contributed by atoms with Crippen molar-refractivity contribution < 1.29 is 27.6 Å². The first-order valence-corrected chi connectivity index (χ1v) is 13.9. The van der Waals surface area contributed by atoms with E-state index in [4.69, 9.17) is 27.9 Å². The van der Waals surface area contributed by atoms with Gasteiger partial charge in [-0.2, -0.15) is 8.42 Å². The minimum Gasteiger partial charge on any atom is -0.505 e. The fourth-order valence-corrected chi connectivity index (χ4v) is 5.62. The molecular weight excluding hydrogens is 565 g/mol. The van der Waals surface area contributed by atoms with Crippen molar-refractivity contribution >= 4 is 67.1 Å². The Hall–Kier alpha value is -3.70. The molecule has 12 heteroatoms. The fraction of sp³-hybridized carbons (Fsp3) is 0.148. The van der Waals surface area contributed by atoms with E-state index in [2.05, 4.69) is 15.5 Å². The number of phenols is 1. The number of aryl methyl sites for hydroxylation is 1. The third-order valence-electron chi connectivity index (χ3n) is 5.80. The average Bonchev–Trinajstić information content (AvgIpc) is 2.89. The van der Waals surface area contributed by atoms with Gasteiger partial charge < -0.3 is 15.2 Å². The number of rotatable bonds is 8. The third kappa shape index (κ3) is 5.84. The van der Waals surface area contributed by atoms with Gasteiger partial charge in [-0.15, -0.1) is 10.2 Å². The minimum atomic E-state index is -4.64. The number of phenolic OH excluding ortho intramolecular Hbond substituents is 1. The van der Waals surface area contributed by atoms with Crippen molar-refractivity contribution in [2.75, 3.05) is 11.9 Å². The molecule has 0 aromatic heterocycles. The molecule has 0 aliphatic rings. The van der Waals surface area contributed by atoms with Crippen LogP contribution in [-0.2, 0) is 16.5 Å². The van der Waals surface area contributed by atoms with E-state index in [9.17, 15) is 22.9 Å². The zero-order valence-electron chi connectivity index (χ0n) is 20.8. The molecule has 202 valence electrons. The van der Waals surface area contributed by atoms with Crippen molar-refractivity contribution in [3.8, 4) is 11.5 Å². The molecule has 0 unspecified atom stereocenters. The first kappa shape index (κ1) is 28.3. The lowest BCUT2D eigenvalue weighted by molar-refractivity contribution is 0.102. The second-order valence-corrected chi connectivity index (χ2v) is 10.4. The number of aromatic hydroxyl groups is 1. The summed E-state index contributed by atoms with van der Waals surface area (Å²) in [6.45, 7) is 3.81. The van der Waals surface area contributed by atoms with Crippen molar-refractivity contribution in [2.45, 2.75) is 25.2 Å². The van der Waals surface area contributed by atoms with Crippen LogP contribution in [0, 0.1) is 0 Å². The molecule has 0 fully saturated rings. The Morgan fingerprint density at radius 1 is 1.03 bits per heavy atom. The maximum absolute atomic E-state index is 13.3. The molecule has 0 aliphatic carbocycles. The Morgan fingerprint density at radius 2 is 1.77 bits per heavy atom. The van der Waals surface area contributed by atoms with Crippen LogP contribution in [0.3, 0.4) is 0 Å². The van der Waals surface area contributed by atoms with Crippen LogP contribution in [0.15, 0.2) is 75.8 Å². The molecule has 0 radical (unpaired) electrons. The average molecular weight is 588 g/mol. The summed E-state index contributed by atoms with van der Waals surface area (Å²) in [5, 5.41) is 23.1. The monoisotopic (exact) mass is 587 g/mol. The van der Waals surface area contributed by atoms with Gasteiger partial charge >= 0.3 is 0 Å². The van der Waals surface area contributed by atoms with Crippen LogP contribution < -0.4 is 10.1 Å². The minimum absolute atomic E-state index is 0.0431. The number of para-hydroxylation sites is 1. The molecule has 0 aliphatic heterocycles. The van der Waals surface area contributed by atoms with E-state index in [0.29, 0.717) is 40.1 Å². The van der Waals surface area contributed by atoms with Crippen LogP contribution in [0.1, 0.15) is 29.8 Å². The zero-order chi connectivity index (χ0) is 28.3. The summed E-state index contributed by atoms with van der Waals surface area (Å²) in [4.78, 5) is 12.8. The highest BCUT2D eigenvalue weighted by Crippen LogP contribution is 2.42. The highest BCUT2D eigenvalue weighted by atomic mass is 35.5. The topological polar surface area (TPSA) is 138 Å². The summed E-state index contributed by atoms with van der Waals surface area (Å²) in [5.74, 6) is -0.835. The molecule has 0 heterocycles. The number of hydrogen-bond donors (Lipinski definition) is 3. The fourth-order valence-electron chi connectivity index (χ4n) is 4.00. The van der Waals surface area contributed by atoms with E-state index < -0.39 is 26.7 Å². The number of nitrogens with one attached hydrogen (secondary N) is 1. The number of halogens is 2. The Kier molecular flexibility index (Phi) is 8.41. The number of anilines is 1. The van der Waals surface area contributed by atoms with Crippen LogP contribution in [0.2, 0.25) is 10.0 Å². The highest BCUT2D eigenvalue weighted by Gasteiger charge is 2.23. The number of carbonyl (C=O) groups excluding carboxylic acids is 1. The highest BCUT2D eigenvalue weighted by molar-refractivity contribution is 7.86. The predicted octanol–water partition coefficient (Wildman–Crippen LogP) is 7.73. The van der Waals surface area contributed by atoms with Gasteiger partial charge in [-0.05, 0) is 48.6 Å². The van der Waals surface area contributed by atoms with Crippen molar-refractivity contribution in [3.63, 3.8) is 0 Å². The van der Waals surface area contributed by atoms with Crippen LogP contribution in [0.5, 0.6) is 11.5 Å². The molecule has 0 saturated carbocycles. The second-order valence-electron chi connectivity index (χ2n) is 8.26. The number of hydrogen-bond acceptors (Lipinski definition) is 7. The van der Waals surface area contributed by atoms with Crippen LogP contribution in [0.25, 0.3) is 10.8 Å². The lowest BCUT2D eigenvalue weighted by Crippen LogP contribution is -2.13. The van der Waals surface area contributed by atoms with E-state index in [-0.39, 0.29) is 27.7 Å². The standard InChI is InChI=1S/C27H23Cl2N3O6S/c1-3-15-12-13-20(22(29)26(15)39(35,36)37)31-32-23-17-9-6-5-8-16(17)14-18(24(23)33)27(34)30-21-11-7-10-19(28)25(21)38-4-2/h5-14,33H,3-4H2,1-2H3,(H,30,34)(H,35,36,37). The molecule has 3 N–H and O–H groups in total. The number of benzene rings is 4. The molecular formula is C27H23Cl2N3O6S. The molecule has 4 rings (SSSR count). The Balaban J connectivity index is 1.82. The summed E-state index contributed by atoms with van der Waals surface area (Å²) in [6, 6.07) is 16.2. The van der Waals surface area contributed by atoms with Crippen LogP contribution in [0.4, 0.5) is 17.1 Å². The van der Waals surface area contributed by atoms with Gasteiger partial charge in [-0.1, -0.05) is 66.5 Å². The molecule has 0 saturated heterocycles. The maximum Gasteiger partial charge on any atom is 0.296 e. The van der Waals surface area contributed by atoms with Gasteiger partial charge in [0.15, 0.2) is 11.5 Å². The van der Waals surface area contributed by atoms with E-state index in [1.807, 2.05) is 0 Å². The quantitative estimate of drug-likeness (QED) is 0.142. The largest absolute Gasteiger partial charge is 0.505 e. The summed E-state index contributed by atoms with van der Waals surface area (Å²) in [7, 11) is -4.64. The smallest absolute Gasteiger partial charge is 0.296 e. The Morgan fingerprint density at radius 3 is 2.46 bits per heavy atom. The molecule has 0 spiro atoms. The molecule has 4 aromatic carbocycles. The summed E-state index contributed by atoms with van der Waals surface area (Å²) < 4.78 is 39.1. The van der Waals surface area contributed by atoms with E-state index in [0.717, 1.165) is 0 Å². The van der Waals surface area contributed by atoms with E-state index >= 15 is 0 Å². The number of ether oxygens (including phenoxy) is 1. The molecule has 1 amide bonds. The Labute approximate surface area is 234 Å². The van der Waals surface area contributed by atoms with Crippen LogP contribution in [-0.4, -0.2) is 30.6 Å². The van der Waals surface area contributed by atoms with E-state index in [1.165, 1.54) is 18.2 Å². The molecule has 0 atom stereocenters. The van der Waals surface area contributed by atoms with Gasteiger partial charge in [0.25, 0.3) is 16.0 Å². The van der Waals surface area contributed by atoms with Gasteiger partial charge in [0.05, 0.1) is 27.9 Å². The second kappa shape index (κ2) is 11.6. The van der Waals surface area contributed by atoms with Crippen molar-refractivity contribution in [2.24, 2.45) is 10.2 Å². The van der Waals surface area contributed by atoms with Gasteiger partial charge in [-0.3, -0.25) is 9.35 Å². The number of carbonyl (C=O) groups is 1. The molecule has 9 nitrogen and oxygen atoms in total. The molecule has 39 heavy (non-hydrogen) atoms. The Bertz CT molecular complexity index is 1720. The maximum atomic E-state index is 13.3. The van der Waals surface area contributed by atoms with Crippen LogP contribution >= 0.6 is 23.2 Å². The van der Waals surface area contributed by atoms with Crippen molar-refractivity contribution in [3.05, 3.63) is 81.8 Å². The summed E-state index contributed by atoms with van der Waals surface area (Å²) in [5.41, 5.74) is 0.418. The number of fused-ring (bicyclic) bond motifs is 1. The van der Waals surface area contributed by atoms with Gasteiger partial charge in [0, 0.05) is 5.39 Å². The normalized spacial score (nSPS) is 11.7. The molecule has 4 aromatic rings. The zero-order valence-corrected chi connectivity index (χ0v) is 23.1. The molecule has 0 bridgehead atoms. The third-order valence-corrected chi connectivity index (χ3v) is 7.57. The SMILES string of the molecule is CCOc1c(Cl)cccc1NC(=O)c1cc2ccccc2c(N=Nc2ccc(CC)c(S(=O)(=O)O)c2Cl)c1O. The summed E-state index contributed by atoms with van der Waals surface area (Å²) in [6.07, 6.45) is 0.298. The van der Waals surface area contributed by atoms with E-state index in [1.54, 1.807) is 56.3 Å². The first-order valence-electron chi connectivity index (χ1n) is 11.7. The number of amides is 1. The lowest BCUT2D eigenvalue weighted by atomic mass is 10.0. The van der Waals surface area contributed by atoms with Gasteiger partial charge in [-0.25, -0.2) is 0 Å². The van der Waals surface area contributed by atoms with Crippen molar-refractivity contribution in [1.82, 2.24) is 0 Å².